The van der Waals surface area contributed by atoms with Crippen LogP contribution in [-0.2, 0) is 7.05 Å². The van der Waals surface area contributed by atoms with Gasteiger partial charge in [0.2, 0.25) is 0 Å². The number of nitrogens with zero attached hydrogens (tertiary/aromatic N) is 4. The fourth-order valence-corrected chi connectivity index (χ4v) is 1.70. The first-order chi connectivity index (χ1) is 8.11. The van der Waals surface area contributed by atoms with Gasteiger partial charge in [-0.25, -0.2) is 4.98 Å². The summed E-state index contributed by atoms with van der Waals surface area (Å²) in [7, 11) is 5.90. The number of rotatable bonds is 2. The van der Waals surface area contributed by atoms with Crippen LogP contribution in [0.25, 0.3) is 11.4 Å². The molecule has 0 aliphatic heterocycles. The summed E-state index contributed by atoms with van der Waals surface area (Å²) >= 11 is 0. The number of imidazole rings is 1. The molecule has 86 valence electrons. The molecule has 1 heterocycles. The van der Waals surface area contributed by atoms with Gasteiger partial charge < -0.3 is 9.47 Å². The third kappa shape index (κ3) is 2.13. The Labute approximate surface area is 101 Å². The number of anilines is 1. The molecule has 2 rings (SSSR count). The van der Waals surface area contributed by atoms with Gasteiger partial charge in [-0.3, -0.25) is 0 Å². The number of hydrogen-bond acceptors (Lipinski definition) is 3. The summed E-state index contributed by atoms with van der Waals surface area (Å²) in [5, 5.41) is 8.81. The summed E-state index contributed by atoms with van der Waals surface area (Å²) in [6.07, 6.45) is 1.73. The lowest BCUT2D eigenvalue weighted by Gasteiger charge is -2.12. The SMILES string of the molecule is CN(C)c1ccc(-c2nc(C#N)cn2C)cc1. The quantitative estimate of drug-likeness (QED) is 0.787. The number of aromatic nitrogens is 2. The van der Waals surface area contributed by atoms with Crippen LogP contribution in [0.3, 0.4) is 0 Å². The Kier molecular flexibility index (Phi) is 2.84. The van der Waals surface area contributed by atoms with E-state index in [9.17, 15) is 0 Å². The molecule has 0 bridgehead atoms. The molecule has 0 saturated carbocycles. The Morgan fingerprint density at radius 1 is 1.24 bits per heavy atom. The molecule has 0 aliphatic carbocycles. The summed E-state index contributed by atoms with van der Waals surface area (Å²) in [4.78, 5) is 6.31. The minimum absolute atomic E-state index is 0.444. The fourth-order valence-electron chi connectivity index (χ4n) is 1.70. The summed E-state index contributed by atoms with van der Waals surface area (Å²) in [5.41, 5.74) is 2.60. The van der Waals surface area contributed by atoms with Crippen LogP contribution in [0.15, 0.2) is 30.5 Å². The highest BCUT2D eigenvalue weighted by Gasteiger charge is 2.07. The van der Waals surface area contributed by atoms with Crippen molar-refractivity contribution in [2.45, 2.75) is 0 Å². The van der Waals surface area contributed by atoms with Crippen LogP contribution >= 0.6 is 0 Å². The lowest BCUT2D eigenvalue weighted by Crippen LogP contribution is -2.08. The van der Waals surface area contributed by atoms with Crippen molar-refractivity contribution < 1.29 is 0 Å². The zero-order chi connectivity index (χ0) is 12.4. The number of hydrogen-bond donors (Lipinski definition) is 0. The van der Waals surface area contributed by atoms with Gasteiger partial charge in [0.25, 0.3) is 0 Å². The lowest BCUT2D eigenvalue weighted by atomic mass is 10.2. The summed E-state index contributed by atoms with van der Waals surface area (Å²) in [5.74, 6) is 0.812. The molecule has 0 spiro atoms. The highest BCUT2D eigenvalue weighted by Crippen LogP contribution is 2.21. The second-order valence-corrected chi connectivity index (χ2v) is 4.11. The molecule has 4 nitrogen and oxygen atoms in total. The second kappa shape index (κ2) is 4.30. The highest BCUT2D eigenvalue weighted by atomic mass is 15.1. The van der Waals surface area contributed by atoms with E-state index in [0.717, 1.165) is 17.1 Å². The molecule has 0 unspecified atom stereocenters. The molecular weight excluding hydrogens is 212 g/mol. The summed E-state index contributed by atoms with van der Waals surface area (Å²) in [6.45, 7) is 0. The molecule has 0 radical (unpaired) electrons. The van der Waals surface area contributed by atoms with Gasteiger partial charge in [-0.1, -0.05) is 0 Å². The van der Waals surface area contributed by atoms with Crippen molar-refractivity contribution in [1.29, 1.82) is 5.26 Å². The Morgan fingerprint density at radius 3 is 2.35 bits per heavy atom. The number of aryl methyl sites for hydroxylation is 1. The monoisotopic (exact) mass is 226 g/mol. The Balaban J connectivity index is 2.40. The predicted octanol–water partition coefficient (Wildman–Crippen LogP) is 2.02. The maximum absolute atomic E-state index is 8.81. The molecular formula is C13H14N4. The van der Waals surface area contributed by atoms with E-state index in [1.165, 1.54) is 0 Å². The molecule has 1 aromatic carbocycles. The number of nitriles is 1. The molecule has 0 saturated heterocycles. The summed E-state index contributed by atoms with van der Waals surface area (Å²) in [6, 6.07) is 10.1. The van der Waals surface area contributed by atoms with Crippen molar-refractivity contribution in [3.8, 4) is 17.5 Å². The topological polar surface area (TPSA) is 44.9 Å². The molecule has 2 aromatic rings. The fraction of sp³-hybridized carbons (Fsp3) is 0.231. The van der Waals surface area contributed by atoms with Gasteiger partial charge in [0.05, 0.1) is 0 Å². The number of benzene rings is 1. The molecule has 0 N–H and O–H groups in total. The van der Waals surface area contributed by atoms with E-state index >= 15 is 0 Å². The Morgan fingerprint density at radius 2 is 1.88 bits per heavy atom. The van der Waals surface area contributed by atoms with E-state index in [1.807, 2.05) is 60.9 Å². The van der Waals surface area contributed by atoms with E-state index in [0.29, 0.717) is 5.69 Å². The van der Waals surface area contributed by atoms with Crippen LogP contribution in [-0.4, -0.2) is 23.6 Å². The highest BCUT2D eigenvalue weighted by molar-refractivity contribution is 5.61. The maximum Gasteiger partial charge on any atom is 0.159 e. The standard InChI is InChI=1S/C13H14N4/c1-16(2)12-6-4-10(5-7-12)13-15-11(8-14)9-17(13)3/h4-7,9H,1-3H3. The molecule has 0 amide bonds. The van der Waals surface area contributed by atoms with Gasteiger partial charge in [-0.05, 0) is 24.3 Å². The molecule has 0 fully saturated rings. The zero-order valence-corrected chi connectivity index (χ0v) is 10.2. The third-order valence-electron chi connectivity index (χ3n) is 2.63. The molecule has 1 aromatic heterocycles. The van der Waals surface area contributed by atoms with Gasteiger partial charge in [0.1, 0.15) is 11.9 Å². The van der Waals surface area contributed by atoms with Gasteiger partial charge in [0.15, 0.2) is 5.69 Å². The van der Waals surface area contributed by atoms with Crippen LogP contribution in [0, 0.1) is 11.3 Å². The van der Waals surface area contributed by atoms with Crippen molar-refractivity contribution in [2.75, 3.05) is 19.0 Å². The largest absolute Gasteiger partial charge is 0.378 e. The first kappa shape index (κ1) is 11.2. The molecule has 0 aliphatic rings. The normalized spacial score (nSPS) is 10.0. The smallest absolute Gasteiger partial charge is 0.159 e. The van der Waals surface area contributed by atoms with Crippen LogP contribution in [0.1, 0.15) is 5.69 Å². The first-order valence-electron chi connectivity index (χ1n) is 5.33. The van der Waals surface area contributed by atoms with E-state index in [1.54, 1.807) is 6.20 Å². The van der Waals surface area contributed by atoms with Crippen molar-refractivity contribution >= 4 is 5.69 Å². The lowest BCUT2D eigenvalue weighted by molar-refractivity contribution is 0.924. The van der Waals surface area contributed by atoms with Gasteiger partial charge in [-0.15, -0.1) is 0 Å². The zero-order valence-electron chi connectivity index (χ0n) is 10.2. The first-order valence-corrected chi connectivity index (χ1v) is 5.33. The minimum atomic E-state index is 0.444. The van der Waals surface area contributed by atoms with Crippen molar-refractivity contribution in [1.82, 2.24) is 9.55 Å². The van der Waals surface area contributed by atoms with Crippen molar-refractivity contribution in [2.24, 2.45) is 7.05 Å². The van der Waals surface area contributed by atoms with Gasteiger partial charge in [0, 0.05) is 38.6 Å². The Hall–Kier alpha value is -2.28. The second-order valence-electron chi connectivity index (χ2n) is 4.11. The van der Waals surface area contributed by atoms with Crippen molar-refractivity contribution in [3.05, 3.63) is 36.2 Å². The predicted molar refractivity (Wildman–Crippen MR) is 67.7 cm³/mol. The molecule has 4 heteroatoms. The maximum atomic E-state index is 8.81. The molecule has 17 heavy (non-hydrogen) atoms. The van der Waals surface area contributed by atoms with E-state index in [2.05, 4.69) is 4.98 Å². The average Bonchev–Trinajstić information content (AvgIpc) is 2.71. The van der Waals surface area contributed by atoms with E-state index < -0.39 is 0 Å². The van der Waals surface area contributed by atoms with Gasteiger partial charge in [-0.2, -0.15) is 5.26 Å². The van der Waals surface area contributed by atoms with Crippen LogP contribution in [0.4, 0.5) is 5.69 Å². The summed E-state index contributed by atoms with van der Waals surface area (Å²) < 4.78 is 1.86. The third-order valence-corrected chi connectivity index (χ3v) is 2.63. The van der Waals surface area contributed by atoms with Crippen molar-refractivity contribution in [3.63, 3.8) is 0 Å². The van der Waals surface area contributed by atoms with E-state index in [4.69, 9.17) is 5.26 Å². The minimum Gasteiger partial charge on any atom is -0.378 e. The van der Waals surface area contributed by atoms with Crippen LogP contribution < -0.4 is 4.90 Å². The average molecular weight is 226 g/mol. The molecule has 0 atom stereocenters. The van der Waals surface area contributed by atoms with E-state index in [-0.39, 0.29) is 0 Å². The van der Waals surface area contributed by atoms with Crippen LogP contribution in [0.5, 0.6) is 0 Å². The van der Waals surface area contributed by atoms with Gasteiger partial charge >= 0.3 is 0 Å². The van der Waals surface area contributed by atoms with Crippen LogP contribution in [0.2, 0.25) is 0 Å². The Bertz CT molecular complexity index is 558.